The average molecular weight is 242 g/mol. The molecule has 0 saturated heterocycles. The number of rotatable bonds is 2. The van der Waals surface area contributed by atoms with Gasteiger partial charge in [-0.05, 0) is 0 Å². The minimum Gasteiger partial charge on any atom is -0.0750 e. The molecule has 0 aliphatic carbocycles. The van der Waals surface area contributed by atoms with Gasteiger partial charge in [0, 0.05) is 9.52 Å². The number of para-hydroxylation sites is 1. The molecule has 77 valence electrons. The van der Waals surface area contributed by atoms with Crippen molar-refractivity contribution in [1.82, 2.24) is 0 Å². The summed E-state index contributed by atoms with van der Waals surface area (Å²) >= 11 is 2.18. The molecule has 0 radical (unpaired) electrons. The molecule has 1 nitrogen and oxygen atoms in total. The van der Waals surface area contributed by atoms with E-state index < -0.39 is 0 Å². The van der Waals surface area contributed by atoms with E-state index >= 15 is 0 Å². The summed E-state index contributed by atoms with van der Waals surface area (Å²) in [6.45, 7) is 4.53. The quantitative estimate of drug-likeness (QED) is 0.717. The van der Waals surface area contributed by atoms with Crippen molar-refractivity contribution in [3.05, 3.63) is 29.8 Å². The summed E-state index contributed by atoms with van der Waals surface area (Å²) in [7, 11) is 4.57. The fraction of sp³-hybridized carbons (Fsp3) is 0.455. The van der Waals surface area contributed by atoms with Crippen molar-refractivity contribution in [2.45, 2.75) is 17.8 Å². The molecule has 0 saturated carbocycles. The van der Waals surface area contributed by atoms with E-state index in [-0.39, 0.29) is 0 Å². The summed E-state index contributed by atoms with van der Waals surface area (Å²) in [6, 6.07) is 8.49. The van der Waals surface area contributed by atoms with E-state index in [2.05, 4.69) is 76.8 Å². The first-order chi connectivity index (χ1) is 6.67. The smallest absolute Gasteiger partial charge is 0.0135 e. The molecule has 1 aromatic carbocycles. The average Bonchev–Trinajstić information content (AvgIpc) is 2.19. The largest absolute Gasteiger partial charge is 0.0750 e. The van der Waals surface area contributed by atoms with Crippen LogP contribution in [0.2, 0.25) is 13.1 Å². The van der Waals surface area contributed by atoms with Crippen molar-refractivity contribution in [3.63, 3.8) is 0 Å². The first-order valence-electron chi connectivity index (χ1n) is 5.07. The molecule has 0 fully saturated rings. The summed E-state index contributed by atoms with van der Waals surface area (Å²) in [5, 5.41) is 0. The first kappa shape index (κ1) is 14.0. The van der Waals surface area contributed by atoms with E-state index in [1.54, 1.807) is 0 Å². The molecule has 0 aliphatic rings. The minimum atomic E-state index is 0.417. The van der Waals surface area contributed by atoms with Crippen LogP contribution in [0.1, 0.15) is 5.56 Å². The molecule has 0 atom stereocenters. The predicted octanol–water partition coefficient (Wildman–Crippen LogP) is 2.05. The molecule has 0 heterocycles. The van der Waals surface area contributed by atoms with Crippen molar-refractivity contribution in [2.75, 3.05) is 19.0 Å². The topological polar surface area (TPSA) is 3.24 Å². The van der Waals surface area contributed by atoms with Crippen LogP contribution in [0.25, 0.3) is 0 Å². The van der Waals surface area contributed by atoms with Gasteiger partial charge in [0.25, 0.3) is 0 Å². The molecule has 1 aromatic rings. The number of nitrogens with zero attached hydrogens (tertiary/aromatic N) is 1. The number of benzene rings is 1. The van der Waals surface area contributed by atoms with Crippen LogP contribution < -0.4 is 4.90 Å². The monoisotopic (exact) mass is 242 g/mol. The summed E-state index contributed by atoms with van der Waals surface area (Å²) < 4.78 is 1.11. The van der Waals surface area contributed by atoms with Crippen molar-refractivity contribution in [2.24, 2.45) is 0 Å². The van der Waals surface area contributed by atoms with Crippen LogP contribution in [-0.2, 0) is 25.2 Å². The van der Waals surface area contributed by atoms with Crippen LogP contribution >= 0.6 is 0 Å². The van der Waals surface area contributed by atoms with Gasteiger partial charge >= 0.3 is 79.7 Å². The van der Waals surface area contributed by atoms with Crippen molar-refractivity contribution < 1.29 is 20.4 Å². The van der Waals surface area contributed by atoms with Crippen LogP contribution in [0.5, 0.6) is 0 Å². The third-order valence-electron chi connectivity index (χ3n) is 1.66. The van der Waals surface area contributed by atoms with E-state index in [9.17, 15) is 0 Å². The number of anilines is 1. The summed E-state index contributed by atoms with van der Waals surface area (Å²) in [4.78, 5) is 2.15. The zero-order valence-corrected chi connectivity index (χ0v) is 12.6. The van der Waals surface area contributed by atoms with Gasteiger partial charge in [0.15, 0.2) is 0 Å². The van der Waals surface area contributed by atoms with E-state index in [1.165, 1.54) is 11.3 Å². The molecule has 0 N–H and O–H groups in total. The number of hydrogen-bond acceptors (Lipinski definition) is 1. The first-order valence-corrected chi connectivity index (χ1v) is 9.00. The van der Waals surface area contributed by atoms with E-state index in [1.807, 2.05) is 0 Å². The Balaban J connectivity index is 0.000000500. The molecule has 0 aliphatic heterocycles. The Labute approximate surface area is 102 Å². The Kier molecular flexibility index (Phi) is 8.25. The van der Waals surface area contributed by atoms with Crippen LogP contribution in [0.4, 0.5) is 5.69 Å². The van der Waals surface area contributed by atoms with Gasteiger partial charge in [0.2, 0.25) is 0 Å². The Morgan fingerprint density at radius 2 is 1.71 bits per heavy atom. The molecule has 0 amide bonds. The van der Waals surface area contributed by atoms with Gasteiger partial charge in [-0.2, -0.15) is 0 Å². The molecule has 0 bridgehead atoms. The second-order valence-corrected chi connectivity index (χ2v) is 5.37. The molecule has 0 unspecified atom stereocenters. The molecule has 0 aromatic heterocycles. The molecule has 1 rings (SSSR count). The molecule has 0 spiro atoms. The van der Waals surface area contributed by atoms with Gasteiger partial charge in [-0.3, -0.25) is 0 Å². The van der Waals surface area contributed by atoms with Gasteiger partial charge < -0.3 is 0 Å². The molecule has 14 heavy (non-hydrogen) atoms. The van der Waals surface area contributed by atoms with Gasteiger partial charge in [-0.15, -0.1) is 0 Å². The Morgan fingerprint density at radius 1 is 1.21 bits per heavy atom. The molecular formula is C11H20NSiTi. The summed E-state index contributed by atoms with van der Waals surface area (Å²) in [5.74, 6) is 0. The third kappa shape index (κ3) is 4.99. The van der Waals surface area contributed by atoms with Gasteiger partial charge in [-0.1, -0.05) is 13.1 Å². The third-order valence-corrected chi connectivity index (χ3v) is 2.26. The summed E-state index contributed by atoms with van der Waals surface area (Å²) in [5.41, 5.74) is 2.74. The van der Waals surface area contributed by atoms with Gasteiger partial charge in [0.1, 0.15) is 0 Å². The normalized spacial score (nSPS) is 8.79. The van der Waals surface area contributed by atoms with Crippen molar-refractivity contribution in [1.29, 1.82) is 0 Å². The van der Waals surface area contributed by atoms with E-state index in [0.29, 0.717) is 9.52 Å². The van der Waals surface area contributed by atoms with Crippen LogP contribution in [0.3, 0.4) is 0 Å². The van der Waals surface area contributed by atoms with E-state index in [4.69, 9.17) is 0 Å². The Morgan fingerprint density at radius 3 is 2.07 bits per heavy atom. The van der Waals surface area contributed by atoms with Crippen LogP contribution in [0.15, 0.2) is 24.3 Å². The van der Waals surface area contributed by atoms with Gasteiger partial charge in [0.05, 0.1) is 0 Å². The van der Waals surface area contributed by atoms with Crippen molar-refractivity contribution in [3.8, 4) is 0 Å². The summed E-state index contributed by atoms with van der Waals surface area (Å²) in [6.07, 6.45) is 0. The number of hydrogen-bond donors (Lipinski definition) is 0. The SMILES string of the molecule is CN(C)c1ccccc1[CH2][Ti].C[SiH2]C. The Bertz CT molecular complexity index is 251. The van der Waals surface area contributed by atoms with Crippen LogP contribution in [0, 0.1) is 0 Å². The maximum atomic E-state index is 2.26. The van der Waals surface area contributed by atoms with Crippen LogP contribution in [-0.4, -0.2) is 23.6 Å². The second-order valence-electron chi connectivity index (χ2n) is 3.41. The standard InChI is InChI=1S/C9H12N.C2H8Si.Ti/c1-8-6-4-5-7-9(8)10(2)3;1-3-2;/h4-7H,1H2,2-3H3;3H2,1-2H3;. The zero-order chi connectivity index (χ0) is 11.0. The van der Waals surface area contributed by atoms with Crippen molar-refractivity contribution >= 4 is 15.2 Å². The predicted molar refractivity (Wildman–Crippen MR) is 64.7 cm³/mol. The molecular weight excluding hydrogens is 222 g/mol. The second kappa shape index (κ2) is 8.28. The fourth-order valence-corrected chi connectivity index (χ4v) is 1.56. The van der Waals surface area contributed by atoms with E-state index in [0.717, 1.165) is 4.73 Å². The maximum Gasteiger partial charge on any atom is 0.0135 e. The van der Waals surface area contributed by atoms with Gasteiger partial charge in [-0.25, -0.2) is 0 Å². The fourth-order valence-electron chi connectivity index (χ4n) is 1.10. The minimum absolute atomic E-state index is 0.417. The zero-order valence-electron chi connectivity index (χ0n) is 9.67. The molecule has 3 heteroatoms. The Hall–Kier alpha value is -0.0488. The maximum absolute atomic E-state index is 2.26.